The van der Waals surface area contributed by atoms with E-state index in [9.17, 15) is 4.79 Å². The molecule has 2 aromatic rings. The lowest BCUT2D eigenvalue weighted by molar-refractivity contribution is -0.121. The van der Waals surface area contributed by atoms with Gasteiger partial charge in [0.2, 0.25) is 5.91 Å². The lowest BCUT2D eigenvalue weighted by Crippen LogP contribution is -2.25. The molecule has 1 aromatic carbocycles. The largest absolute Gasteiger partial charge is 0.358 e. The number of rotatable bonds is 4. The summed E-state index contributed by atoms with van der Waals surface area (Å²) < 4.78 is 1.92. The molecule has 3 N–H and O–H groups in total. The zero-order valence-corrected chi connectivity index (χ0v) is 9.81. The maximum Gasteiger partial charge on any atom is 0.239 e. The van der Waals surface area contributed by atoms with Crippen molar-refractivity contribution in [3.8, 4) is 0 Å². The topological polar surface area (TPSA) is 72.9 Å². The highest BCUT2D eigenvalue weighted by Crippen LogP contribution is 2.16. The number of benzene rings is 1. The van der Waals surface area contributed by atoms with Gasteiger partial charge in [0.1, 0.15) is 12.4 Å². The van der Waals surface area contributed by atoms with Crippen molar-refractivity contribution in [2.24, 2.45) is 5.73 Å². The molecule has 0 atom stereocenters. The molecule has 0 saturated carbocycles. The Balaban J connectivity index is 2.47. The van der Waals surface area contributed by atoms with Crippen LogP contribution in [0.25, 0.3) is 11.0 Å². The number of fused-ring (bicyclic) bond motifs is 1. The molecule has 0 aliphatic heterocycles. The summed E-state index contributed by atoms with van der Waals surface area (Å²) in [4.78, 5) is 16.0. The van der Waals surface area contributed by atoms with E-state index in [4.69, 9.17) is 5.73 Å². The molecule has 0 aliphatic carbocycles. The Morgan fingerprint density at radius 3 is 2.94 bits per heavy atom. The molecule has 2 rings (SSSR count). The fourth-order valence-corrected chi connectivity index (χ4v) is 1.84. The molecule has 1 aromatic heterocycles. The van der Waals surface area contributed by atoms with Crippen LogP contribution in [0, 0.1) is 0 Å². The number of nitrogens with one attached hydrogen (secondary N) is 1. The molecular weight excluding hydrogens is 216 g/mol. The SMILES string of the molecule is CNC(=O)Cn1c(CCN)nc2ccccc21. The standard InChI is InChI=1S/C12H16N4O/c1-14-12(17)8-16-10-5-3-2-4-9(10)15-11(16)6-7-13/h2-5H,6-8,13H2,1H3,(H,14,17). The van der Waals surface area contributed by atoms with E-state index in [0.717, 1.165) is 16.9 Å². The van der Waals surface area contributed by atoms with E-state index in [1.165, 1.54) is 0 Å². The highest BCUT2D eigenvalue weighted by Gasteiger charge is 2.11. The molecule has 0 radical (unpaired) electrons. The fraction of sp³-hybridized carbons (Fsp3) is 0.333. The molecule has 5 nitrogen and oxygen atoms in total. The van der Waals surface area contributed by atoms with Crippen LogP contribution in [0.2, 0.25) is 0 Å². The summed E-state index contributed by atoms with van der Waals surface area (Å²) in [5.74, 6) is 0.823. The van der Waals surface area contributed by atoms with E-state index < -0.39 is 0 Å². The summed E-state index contributed by atoms with van der Waals surface area (Å²) in [6, 6.07) is 7.78. The van der Waals surface area contributed by atoms with Gasteiger partial charge in [-0.1, -0.05) is 12.1 Å². The van der Waals surface area contributed by atoms with E-state index in [-0.39, 0.29) is 12.5 Å². The van der Waals surface area contributed by atoms with E-state index >= 15 is 0 Å². The number of aromatic nitrogens is 2. The van der Waals surface area contributed by atoms with Crippen LogP contribution in [-0.2, 0) is 17.8 Å². The zero-order valence-electron chi connectivity index (χ0n) is 9.81. The number of nitrogens with zero attached hydrogens (tertiary/aromatic N) is 2. The smallest absolute Gasteiger partial charge is 0.239 e. The Morgan fingerprint density at radius 2 is 2.24 bits per heavy atom. The first-order chi connectivity index (χ1) is 8.26. The first-order valence-corrected chi connectivity index (χ1v) is 5.61. The number of likely N-dealkylation sites (N-methyl/N-ethyl adjacent to an activating group) is 1. The molecule has 0 saturated heterocycles. The summed E-state index contributed by atoms with van der Waals surface area (Å²) >= 11 is 0. The predicted molar refractivity (Wildman–Crippen MR) is 66.6 cm³/mol. The monoisotopic (exact) mass is 232 g/mol. The number of hydrogen-bond acceptors (Lipinski definition) is 3. The highest BCUT2D eigenvalue weighted by atomic mass is 16.1. The first kappa shape index (κ1) is 11.6. The van der Waals surface area contributed by atoms with Crippen molar-refractivity contribution in [2.45, 2.75) is 13.0 Å². The lowest BCUT2D eigenvalue weighted by atomic mass is 10.3. The van der Waals surface area contributed by atoms with Crippen LogP contribution in [0.3, 0.4) is 0 Å². The van der Waals surface area contributed by atoms with Crippen molar-refractivity contribution in [3.63, 3.8) is 0 Å². The molecular formula is C12H16N4O. The van der Waals surface area contributed by atoms with Crippen LogP contribution in [0.15, 0.2) is 24.3 Å². The fourth-order valence-electron chi connectivity index (χ4n) is 1.84. The predicted octanol–water partition coefficient (Wildman–Crippen LogP) is 0.283. The van der Waals surface area contributed by atoms with E-state index in [0.29, 0.717) is 13.0 Å². The summed E-state index contributed by atoms with van der Waals surface area (Å²) in [6.45, 7) is 0.809. The quantitative estimate of drug-likeness (QED) is 0.795. The molecule has 90 valence electrons. The van der Waals surface area contributed by atoms with Crippen LogP contribution in [0.1, 0.15) is 5.82 Å². The van der Waals surface area contributed by atoms with E-state index in [2.05, 4.69) is 10.3 Å². The van der Waals surface area contributed by atoms with Gasteiger partial charge in [0.25, 0.3) is 0 Å². The van der Waals surface area contributed by atoms with Crippen LogP contribution < -0.4 is 11.1 Å². The molecule has 0 fully saturated rings. The van der Waals surface area contributed by atoms with Crippen molar-refractivity contribution in [1.29, 1.82) is 0 Å². The lowest BCUT2D eigenvalue weighted by Gasteiger charge is -2.07. The van der Waals surface area contributed by atoms with Gasteiger partial charge >= 0.3 is 0 Å². The van der Waals surface area contributed by atoms with Gasteiger partial charge in [0, 0.05) is 13.5 Å². The maximum absolute atomic E-state index is 11.5. The Morgan fingerprint density at radius 1 is 1.47 bits per heavy atom. The molecule has 17 heavy (non-hydrogen) atoms. The second kappa shape index (κ2) is 4.97. The number of nitrogens with two attached hydrogens (primary N) is 1. The van der Waals surface area contributed by atoms with Crippen LogP contribution in [-0.4, -0.2) is 29.1 Å². The third-order valence-electron chi connectivity index (χ3n) is 2.68. The van der Waals surface area contributed by atoms with Gasteiger partial charge in [-0.3, -0.25) is 4.79 Å². The molecule has 0 bridgehead atoms. The van der Waals surface area contributed by atoms with Gasteiger partial charge in [-0.2, -0.15) is 0 Å². The molecule has 0 aliphatic rings. The summed E-state index contributed by atoms with van der Waals surface area (Å²) in [5, 5.41) is 2.62. The molecule has 1 heterocycles. The van der Waals surface area contributed by atoms with Crippen LogP contribution in [0.5, 0.6) is 0 Å². The third-order valence-corrected chi connectivity index (χ3v) is 2.68. The Kier molecular flexibility index (Phi) is 3.39. The second-order valence-corrected chi connectivity index (χ2v) is 3.81. The average Bonchev–Trinajstić information content (AvgIpc) is 2.68. The van der Waals surface area contributed by atoms with Gasteiger partial charge < -0.3 is 15.6 Å². The van der Waals surface area contributed by atoms with Gasteiger partial charge in [0.15, 0.2) is 0 Å². The Hall–Kier alpha value is -1.88. The molecule has 5 heteroatoms. The minimum Gasteiger partial charge on any atom is -0.358 e. The third kappa shape index (κ3) is 2.29. The number of carbonyl (C=O) groups is 1. The van der Waals surface area contributed by atoms with Crippen molar-refractivity contribution in [3.05, 3.63) is 30.1 Å². The Bertz CT molecular complexity index is 532. The van der Waals surface area contributed by atoms with Gasteiger partial charge in [0.05, 0.1) is 11.0 Å². The van der Waals surface area contributed by atoms with E-state index in [1.54, 1.807) is 7.05 Å². The Labute approximate surface area is 99.6 Å². The average molecular weight is 232 g/mol. The number of hydrogen-bond donors (Lipinski definition) is 2. The van der Waals surface area contributed by atoms with E-state index in [1.807, 2.05) is 28.8 Å². The van der Waals surface area contributed by atoms with Crippen molar-refractivity contribution >= 4 is 16.9 Å². The summed E-state index contributed by atoms with van der Waals surface area (Å²) in [5.41, 5.74) is 7.44. The van der Waals surface area contributed by atoms with Gasteiger partial charge in [-0.05, 0) is 18.7 Å². The number of amides is 1. The zero-order chi connectivity index (χ0) is 12.3. The normalized spacial score (nSPS) is 10.7. The number of imidazole rings is 1. The van der Waals surface area contributed by atoms with Crippen LogP contribution >= 0.6 is 0 Å². The number of para-hydroxylation sites is 2. The number of carbonyl (C=O) groups excluding carboxylic acids is 1. The molecule has 0 spiro atoms. The summed E-state index contributed by atoms with van der Waals surface area (Å²) in [7, 11) is 1.63. The maximum atomic E-state index is 11.5. The van der Waals surface area contributed by atoms with Crippen molar-refractivity contribution < 1.29 is 4.79 Å². The highest BCUT2D eigenvalue weighted by molar-refractivity contribution is 5.80. The van der Waals surface area contributed by atoms with Crippen molar-refractivity contribution in [1.82, 2.24) is 14.9 Å². The first-order valence-electron chi connectivity index (χ1n) is 5.61. The second-order valence-electron chi connectivity index (χ2n) is 3.81. The summed E-state index contributed by atoms with van der Waals surface area (Å²) in [6.07, 6.45) is 0.672. The molecule has 1 amide bonds. The molecule has 0 unspecified atom stereocenters. The van der Waals surface area contributed by atoms with Crippen molar-refractivity contribution in [2.75, 3.05) is 13.6 Å². The minimum atomic E-state index is -0.0357. The van der Waals surface area contributed by atoms with Gasteiger partial charge in [-0.15, -0.1) is 0 Å². The minimum absolute atomic E-state index is 0.0357. The van der Waals surface area contributed by atoms with Crippen LogP contribution in [0.4, 0.5) is 0 Å². The van der Waals surface area contributed by atoms with Gasteiger partial charge in [-0.25, -0.2) is 4.98 Å².